The third-order valence-corrected chi connectivity index (χ3v) is 20.2. The van der Waals surface area contributed by atoms with Crippen LogP contribution in [0.5, 0.6) is 0 Å². The number of ketones is 2. The first kappa shape index (κ1) is 62.6. The molecule has 19 nitrogen and oxygen atoms in total. The highest BCUT2D eigenvalue weighted by Crippen LogP contribution is 2.66. The summed E-state index contributed by atoms with van der Waals surface area (Å²) in [5, 5.41) is 82.3. The summed E-state index contributed by atoms with van der Waals surface area (Å²) in [6.45, 7) is 24.6. The Labute approximate surface area is 478 Å². The first-order valence-electron chi connectivity index (χ1n) is 28.1. The lowest BCUT2D eigenvalue weighted by Gasteiger charge is -2.67. The summed E-state index contributed by atoms with van der Waals surface area (Å²) in [5.41, 5.74) is -9.81. The summed E-state index contributed by atoms with van der Waals surface area (Å²) in [7, 11) is 0. The van der Waals surface area contributed by atoms with Gasteiger partial charge in [0.2, 0.25) is 0 Å². The lowest BCUT2D eigenvalue weighted by atomic mass is 9.43. The van der Waals surface area contributed by atoms with Crippen molar-refractivity contribution in [1.29, 1.82) is 0 Å². The maximum atomic E-state index is 14.5. The highest BCUT2D eigenvalue weighted by atomic mass is 16.6. The summed E-state index contributed by atoms with van der Waals surface area (Å²) >= 11 is 0. The Balaban J connectivity index is 0.000000202. The van der Waals surface area contributed by atoms with Gasteiger partial charge in [0.25, 0.3) is 0 Å². The zero-order valence-corrected chi connectivity index (χ0v) is 49.2. The number of aliphatic hydroxyl groups excluding tert-OH is 5. The molecular formula is C63H82O19. The fraction of sp³-hybridized carbons (Fsp3) is 0.619. The number of hydrogen-bond acceptors (Lipinski definition) is 19. The molecule has 0 spiro atoms. The molecular weight excluding hydrogens is 1060 g/mol. The molecule has 7 N–H and O–H groups in total. The first-order valence-corrected chi connectivity index (χ1v) is 28.1. The van der Waals surface area contributed by atoms with E-state index in [1.54, 1.807) is 104 Å². The van der Waals surface area contributed by atoms with Crippen LogP contribution in [0.1, 0.15) is 136 Å². The molecule has 6 aliphatic carbocycles. The van der Waals surface area contributed by atoms with Gasteiger partial charge >= 0.3 is 23.9 Å². The number of ether oxygens (including phenoxy) is 6. The van der Waals surface area contributed by atoms with Gasteiger partial charge in [0.05, 0.1) is 71.4 Å². The minimum atomic E-state index is -2.07. The van der Waals surface area contributed by atoms with Crippen LogP contribution in [-0.4, -0.2) is 162 Å². The zero-order valence-electron chi connectivity index (χ0n) is 49.2. The summed E-state index contributed by atoms with van der Waals surface area (Å²) in [5.74, 6) is -7.27. The number of aliphatic hydroxyl groups is 7. The maximum Gasteiger partial charge on any atom is 0.338 e. The van der Waals surface area contributed by atoms with Crippen LogP contribution in [0.4, 0.5) is 0 Å². The topological polar surface area (TPSA) is 299 Å². The van der Waals surface area contributed by atoms with Crippen LogP contribution >= 0.6 is 0 Å². The summed E-state index contributed by atoms with van der Waals surface area (Å²) in [4.78, 5) is 80.9. The number of Topliss-reactive ketones (excluding diaryl/α,β-unsaturated/α-hetero) is 2. The molecule has 2 heterocycles. The van der Waals surface area contributed by atoms with E-state index in [-0.39, 0.29) is 61.4 Å². The number of carbonyl (C=O) groups excluding carboxylic acids is 6. The van der Waals surface area contributed by atoms with Gasteiger partial charge in [-0.1, -0.05) is 76.6 Å². The van der Waals surface area contributed by atoms with Crippen LogP contribution in [0.25, 0.3) is 0 Å². The quantitative estimate of drug-likeness (QED) is 0.113. The number of allylic oxidation sites excluding steroid dienone is 1. The van der Waals surface area contributed by atoms with Gasteiger partial charge in [-0.15, -0.1) is 6.58 Å². The monoisotopic (exact) mass is 1140 g/mol. The molecule has 82 heavy (non-hydrogen) atoms. The number of rotatable bonds is 6. The predicted molar refractivity (Wildman–Crippen MR) is 294 cm³/mol. The Morgan fingerprint density at radius 3 is 1.26 bits per heavy atom. The van der Waals surface area contributed by atoms with Gasteiger partial charge in [-0.3, -0.25) is 19.2 Å². The molecule has 10 rings (SSSR count). The van der Waals surface area contributed by atoms with Crippen molar-refractivity contribution < 1.29 is 92.9 Å². The second kappa shape index (κ2) is 21.5. The minimum absolute atomic E-state index is 0.0283. The molecule has 0 radical (unpaired) electrons. The van der Waals surface area contributed by atoms with E-state index < -0.39 is 146 Å². The summed E-state index contributed by atoms with van der Waals surface area (Å²) in [6.07, 6.45) is -12.0. The van der Waals surface area contributed by atoms with Crippen molar-refractivity contribution in [2.75, 3.05) is 13.2 Å². The smallest absolute Gasteiger partial charge is 0.338 e. The van der Waals surface area contributed by atoms with Crippen LogP contribution in [0.2, 0.25) is 0 Å². The average molecular weight is 1140 g/mol. The molecule has 448 valence electrons. The Morgan fingerprint density at radius 1 is 0.573 bits per heavy atom. The Morgan fingerprint density at radius 2 is 0.915 bits per heavy atom. The fourth-order valence-corrected chi connectivity index (χ4v) is 15.8. The van der Waals surface area contributed by atoms with Crippen LogP contribution in [0.15, 0.2) is 95.1 Å². The molecule has 4 bridgehead atoms. The number of benzene rings is 2. The molecule has 8 aliphatic rings. The lowest BCUT2D eigenvalue weighted by Crippen LogP contribution is -2.81. The molecule has 2 saturated heterocycles. The summed E-state index contributed by atoms with van der Waals surface area (Å²) < 4.78 is 35.7. The van der Waals surface area contributed by atoms with E-state index in [1.165, 1.54) is 38.5 Å². The second-order valence-electron chi connectivity index (χ2n) is 25.9. The zero-order chi connectivity index (χ0) is 61.0. The second-order valence-corrected chi connectivity index (χ2v) is 25.9. The van der Waals surface area contributed by atoms with Crippen molar-refractivity contribution in [3.8, 4) is 0 Å². The van der Waals surface area contributed by atoms with Crippen LogP contribution in [0.3, 0.4) is 0 Å². The van der Waals surface area contributed by atoms with Crippen molar-refractivity contribution >= 4 is 35.4 Å². The van der Waals surface area contributed by atoms with Gasteiger partial charge in [-0.2, -0.15) is 0 Å². The highest BCUT2D eigenvalue weighted by Gasteiger charge is 2.80. The molecule has 2 aromatic carbocycles. The molecule has 18 atom stereocenters. The van der Waals surface area contributed by atoms with Crippen molar-refractivity contribution in [3.63, 3.8) is 0 Å². The minimum Gasteiger partial charge on any atom is -0.455 e. The molecule has 19 heteroatoms. The molecule has 0 amide bonds. The van der Waals surface area contributed by atoms with Crippen LogP contribution in [-0.2, 0) is 47.6 Å². The molecule has 2 aromatic rings. The molecule has 4 saturated carbocycles. The van der Waals surface area contributed by atoms with E-state index in [4.69, 9.17) is 28.4 Å². The van der Waals surface area contributed by atoms with Gasteiger partial charge in [-0.05, 0) is 88.1 Å². The van der Waals surface area contributed by atoms with Gasteiger partial charge in [-0.25, -0.2) is 9.59 Å². The summed E-state index contributed by atoms with van der Waals surface area (Å²) in [6, 6.07) is 16.3. The Kier molecular flexibility index (Phi) is 16.4. The maximum absolute atomic E-state index is 14.5. The lowest BCUT2D eigenvalue weighted by molar-refractivity contribution is -0.345. The predicted octanol–water partition coefficient (Wildman–Crippen LogP) is 5.02. The van der Waals surface area contributed by atoms with Crippen LogP contribution in [0, 0.1) is 39.4 Å². The Bertz CT molecular complexity index is 2770. The van der Waals surface area contributed by atoms with Gasteiger partial charge in [0, 0.05) is 56.3 Å². The Hall–Kier alpha value is -5.48. The van der Waals surface area contributed by atoms with Crippen molar-refractivity contribution in [1.82, 2.24) is 0 Å². The first-order chi connectivity index (χ1) is 38.0. The number of fused-ring (bicyclic) bond motifs is 10. The van der Waals surface area contributed by atoms with E-state index in [0.717, 1.165) is 0 Å². The van der Waals surface area contributed by atoms with Crippen molar-refractivity contribution in [2.45, 2.75) is 193 Å². The molecule has 6 fully saturated rings. The SMILES string of the molecule is C=C(C)C.CC(=O)O[C@@]12CO[C@@H]1C[C@H](O)[C@@]1(C)C(=O)[C@H](C)C3=C(C)[C@@H](O)C[C@@](O)([C@@H](OC(=O)c4ccccc4)C12)C3(C)C.CC(=O)O[C@@]12CO[C@@H]1C[C@H](O)[C@@]1(C)C(=O)[C@H](O)C3=C(C)[C@@H](O)C[C@@](O)([C@@H](OC(=O)c4ccccc4)C12)C3(C)C. The average Bonchev–Trinajstić information content (AvgIpc) is 0.839. The number of esters is 4. The van der Waals surface area contributed by atoms with E-state index in [9.17, 15) is 64.5 Å². The van der Waals surface area contributed by atoms with E-state index in [0.29, 0.717) is 16.7 Å². The molecule has 0 aromatic heterocycles. The van der Waals surface area contributed by atoms with Gasteiger partial charge < -0.3 is 64.2 Å². The van der Waals surface area contributed by atoms with Gasteiger partial charge in [0.15, 0.2) is 17.0 Å². The number of carbonyl (C=O) groups is 6. The van der Waals surface area contributed by atoms with E-state index >= 15 is 0 Å². The molecule has 2 aliphatic heterocycles. The molecule has 2 unspecified atom stereocenters. The van der Waals surface area contributed by atoms with Crippen LogP contribution < -0.4 is 0 Å². The van der Waals surface area contributed by atoms with Gasteiger partial charge in [0.1, 0.15) is 47.5 Å². The van der Waals surface area contributed by atoms with Crippen molar-refractivity contribution in [2.24, 2.45) is 39.4 Å². The van der Waals surface area contributed by atoms with E-state index in [1.807, 2.05) is 13.8 Å². The third kappa shape index (κ3) is 9.26. The third-order valence-electron chi connectivity index (χ3n) is 20.2. The van der Waals surface area contributed by atoms with E-state index in [2.05, 4.69) is 6.58 Å². The fourth-order valence-electron chi connectivity index (χ4n) is 15.8. The highest BCUT2D eigenvalue weighted by molar-refractivity contribution is 5.95. The standard InChI is InChI=1S/C30H38O9.C29H36O10.C4H8/c1-15-19(32)13-30(36)25(38-26(35)18-10-8-7-9-11-18)23-28(6,24(34)16(2)22(15)27(30,4)5)20(33)12-21-29(23,14-37-21)39-17(3)31;1-14-17(31)12-29(36)24(38-25(35)16-9-7-6-8-10-16)22-27(5,23(34)21(33)20(14)26(29,3)4)18(32)11-19-28(22,13-37-19)39-15(2)30;1-4(2)3/h7-11,16,19-21,23,25,32-33,36H,12-14H2,1-6H3;6-10,17-19,21-22,24,31-33,36H,11-13H2,1-5H3;1H2,2-3H3/t16-,19+,20+,21-,23?,25+,28-,29+,30-;17-,18-,19+,21+,22?,24-,27+,28-,29+;/m10./s1. The largest absolute Gasteiger partial charge is 0.455 e. The van der Waals surface area contributed by atoms with Crippen molar-refractivity contribution in [3.05, 3.63) is 106 Å². The normalized spacial score (nSPS) is 41.0. The number of hydrogen-bond donors (Lipinski definition) is 7.